The Kier molecular flexibility index (Phi) is 6.56. The summed E-state index contributed by atoms with van der Waals surface area (Å²) in [6.45, 7) is 3.79. The van der Waals surface area contributed by atoms with Crippen molar-refractivity contribution in [1.82, 2.24) is 14.5 Å². The van der Waals surface area contributed by atoms with Crippen molar-refractivity contribution in [3.63, 3.8) is 0 Å². The maximum atomic E-state index is 13.3. The minimum absolute atomic E-state index is 0.116. The summed E-state index contributed by atoms with van der Waals surface area (Å²) in [5.74, 6) is -1.02. The van der Waals surface area contributed by atoms with Crippen molar-refractivity contribution in [2.45, 2.75) is 19.0 Å². The lowest BCUT2D eigenvalue weighted by atomic mass is 10.1. The number of amides is 2. The number of hydrogen-bond acceptors (Lipinski definition) is 4. The molecule has 0 aliphatic heterocycles. The van der Waals surface area contributed by atoms with E-state index in [1.54, 1.807) is 23.7 Å². The second-order valence-electron chi connectivity index (χ2n) is 6.90. The quantitative estimate of drug-likeness (QED) is 0.604. The summed E-state index contributed by atoms with van der Waals surface area (Å²) >= 11 is 1.37. The van der Waals surface area contributed by atoms with Gasteiger partial charge in [0.15, 0.2) is 5.16 Å². The standard InChI is InChI=1S/C22H23FN4O2S/c1-14-6-5-7-18(15(14)2)25-20(28)13-26(3)21(29)19-12-24-22(30-4)27(19)17-10-8-16(23)9-11-17/h5-12H,13H2,1-4H3,(H,25,28). The van der Waals surface area contributed by atoms with E-state index in [1.165, 1.54) is 35.0 Å². The molecule has 0 fully saturated rings. The number of halogens is 1. The molecule has 0 saturated heterocycles. The zero-order valence-corrected chi connectivity index (χ0v) is 18.1. The van der Waals surface area contributed by atoms with Crippen LogP contribution in [-0.4, -0.2) is 46.1 Å². The van der Waals surface area contributed by atoms with Crippen molar-refractivity contribution in [1.29, 1.82) is 0 Å². The summed E-state index contributed by atoms with van der Waals surface area (Å²) in [5, 5.41) is 3.45. The normalized spacial score (nSPS) is 10.7. The molecule has 30 heavy (non-hydrogen) atoms. The molecule has 0 aliphatic carbocycles. The maximum Gasteiger partial charge on any atom is 0.272 e. The van der Waals surface area contributed by atoms with Gasteiger partial charge < -0.3 is 10.2 Å². The van der Waals surface area contributed by atoms with Gasteiger partial charge in [0.1, 0.15) is 11.5 Å². The van der Waals surface area contributed by atoms with Crippen LogP contribution < -0.4 is 5.32 Å². The van der Waals surface area contributed by atoms with E-state index in [1.807, 2.05) is 38.3 Å². The molecule has 3 rings (SSSR count). The molecule has 3 aromatic rings. The molecule has 156 valence electrons. The molecule has 0 unspecified atom stereocenters. The Bertz CT molecular complexity index is 1080. The average Bonchev–Trinajstić information content (AvgIpc) is 3.15. The number of rotatable bonds is 6. The van der Waals surface area contributed by atoms with Crippen LogP contribution in [-0.2, 0) is 4.79 Å². The van der Waals surface area contributed by atoms with Crippen LogP contribution in [0.4, 0.5) is 10.1 Å². The van der Waals surface area contributed by atoms with Gasteiger partial charge in [-0.05, 0) is 61.6 Å². The Balaban J connectivity index is 1.79. The van der Waals surface area contributed by atoms with Crippen molar-refractivity contribution in [2.75, 3.05) is 25.2 Å². The number of likely N-dealkylation sites (N-methyl/N-ethyl adjacent to an activating group) is 1. The Hall–Kier alpha value is -3.13. The van der Waals surface area contributed by atoms with Gasteiger partial charge in [-0.25, -0.2) is 9.37 Å². The Morgan fingerprint density at radius 1 is 1.17 bits per heavy atom. The first kappa shape index (κ1) is 21.6. The summed E-state index contributed by atoms with van der Waals surface area (Å²) in [6.07, 6.45) is 3.31. The van der Waals surface area contributed by atoms with Gasteiger partial charge in [0.05, 0.1) is 12.7 Å². The van der Waals surface area contributed by atoms with Crippen molar-refractivity contribution in [2.24, 2.45) is 0 Å². The number of aromatic nitrogens is 2. The summed E-state index contributed by atoms with van der Waals surface area (Å²) < 4.78 is 15.0. The van der Waals surface area contributed by atoms with Gasteiger partial charge in [0.2, 0.25) is 5.91 Å². The molecule has 0 saturated carbocycles. The Morgan fingerprint density at radius 3 is 2.53 bits per heavy atom. The van der Waals surface area contributed by atoms with E-state index in [9.17, 15) is 14.0 Å². The van der Waals surface area contributed by atoms with E-state index in [0.717, 1.165) is 16.8 Å². The zero-order chi connectivity index (χ0) is 21.8. The van der Waals surface area contributed by atoms with Crippen LogP contribution in [0, 0.1) is 19.7 Å². The van der Waals surface area contributed by atoms with Crippen LogP contribution in [0.5, 0.6) is 0 Å². The summed E-state index contributed by atoms with van der Waals surface area (Å²) in [7, 11) is 1.56. The number of carbonyl (C=O) groups is 2. The van der Waals surface area contributed by atoms with Crippen molar-refractivity contribution < 1.29 is 14.0 Å². The summed E-state index contributed by atoms with van der Waals surface area (Å²) in [5.41, 5.74) is 3.70. The van der Waals surface area contributed by atoms with Gasteiger partial charge >= 0.3 is 0 Å². The zero-order valence-electron chi connectivity index (χ0n) is 17.3. The highest BCUT2D eigenvalue weighted by atomic mass is 32.2. The second kappa shape index (κ2) is 9.13. The molecule has 0 radical (unpaired) electrons. The van der Waals surface area contributed by atoms with E-state index in [0.29, 0.717) is 16.5 Å². The highest BCUT2D eigenvalue weighted by Crippen LogP contribution is 2.23. The van der Waals surface area contributed by atoms with E-state index in [-0.39, 0.29) is 24.2 Å². The maximum absolute atomic E-state index is 13.3. The van der Waals surface area contributed by atoms with E-state index in [2.05, 4.69) is 10.3 Å². The molecule has 8 heteroatoms. The molecule has 0 atom stereocenters. The summed E-state index contributed by atoms with van der Waals surface area (Å²) in [6, 6.07) is 11.5. The lowest BCUT2D eigenvalue weighted by molar-refractivity contribution is -0.116. The third-order valence-electron chi connectivity index (χ3n) is 4.82. The molecule has 1 aromatic heterocycles. The molecule has 1 N–H and O–H groups in total. The predicted octanol–water partition coefficient (Wildman–Crippen LogP) is 4.06. The molecule has 6 nitrogen and oxygen atoms in total. The highest BCUT2D eigenvalue weighted by molar-refractivity contribution is 7.98. The topological polar surface area (TPSA) is 67.2 Å². The number of nitrogens with one attached hydrogen (secondary N) is 1. The lowest BCUT2D eigenvalue weighted by Gasteiger charge is -2.19. The minimum Gasteiger partial charge on any atom is -0.331 e. The van der Waals surface area contributed by atoms with Gasteiger partial charge in [-0.2, -0.15) is 0 Å². The summed E-state index contributed by atoms with van der Waals surface area (Å²) in [4.78, 5) is 31.2. The smallest absolute Gasteiger partial charge is 0.272 e. The lowest BCUT2D eigenvalue weighted by Crippen LogP contribution is -2.36. The van der Waals surface area contributed by atoms with Gasteiger partial charge in [0.25, 0.3) is 5.91 Å². The van der Waals surface area contributed by atoms with Gasteiger partial charge in [-0.1, -0.05) is 23.9 Å². The molecular weight excluding hydrogens is 403 g/mol. The first-order valence-electron chi connectivity index (χ1n) is 9.31. The van der Waals surface area contributed by atoms with Crippen LogP contribution >= 0.6 is 11.8 Å². The van der Waals surface area contributed by atoms with E-state index < -0.39 is 0 Å². The van der Waals surface area contributed by atoms with Crippen LogP contribution in [0.25, 0.3) is 5.69 Å². The number of benzene rings is 2. The predicted molar refractivity (Wildman–Crippen MR) is 117 cm³/mol. The van der Waals surface area contributed by atoms with Crippen molar-refractivity contribution >= 4 is 29.3 Å². The monoisotopic (exact) mass is 426 g/mol. The molecule has 2 aromatic carbocycles. The van der Waals surface area contributed by atoms with E-state index >= 15 is 0 Å². The fourth-order valence-corrected chi connectivity index (χ4v) is 3.57. The first-order valence-corrected chi connectivity index (χ1v) is 10.5. The Labute approximate surface area is 179 Å². The molecule has 0 bridgehead atoms. The Morgan fingerprint density at radius 2 is 1.87 bits per heavy atom. The number of anilines is 1. The second-order valence-corrected chi connectivity index (χ2v) is 7.67. The van der Waals surface area contributed by atoms with Crippen LogP contribution in [0.2, 0.25) is 0 Å². The van der Waals surface area contributed by atoms with Gasteiger partial charge in [0, 0.05) is 18.4 Å². The fraction of sp³-hybridized carbons (Fsp3) is 0.227. The SMILES string of the molecule is CSc1ncc(C(=O)N(C)CC(=O)Nc2cccc(C)c2C)n1-c1ccc(F)cc1. The largest absolute Gasteiger partial charge is 0.331 e. The molecule has 0 aliphatic rings. The minimum atomic E-state index is -0.363. The molecule has 2 amide bonds. The average molecular weight is 427 g/mol. The number of nitrogens with zero attached hydrogens (tertiary/aromatic N) is 3. The van der Waals surface area contributed by atoms with Crippen LogP contribution in [0.1, 0.15) is 21.6 Å². The number of carbonyl (C=O) groups excluding carboxylic acids is 2. The van der Waals surface area contributed by atoms with Crippen LogP contribution in [0.3, 0.4) is 0 Å². The first-order chi connectivity index (χ1) is 14.3. The highest BCUT2D eigenvalue weighted by Gasteiger charge is 2.22. The molecule has 1 heterocycles. The van der Waals surface area contributed by atoms with Gasteiger partial charge in [-0.15, -0.1) is 0 Å². The molecular formula is C22H23FN4O2S. The number of hydrogen-bond donors (Lipinski definition) is 1. The van der Waals surface area contributed by atoms with E-state index in [4.69, 9.17) is 0 Å². The van der Waals surface area contributed by atoms with Crippen molar-refractivity contribution in [3.8, 4) is 5.69 Å². The number of aryl methyl sites for hydroxylation is 1. The number of thioether (sulfide) groups is 1. The molecule has 0 spiro atoms. The van der Waals surface area contributed by atoms with Gasteiger partial charge in [-0.3, -0.25) is 14.2 Å². The fourth-order valence-electron chi connectivity index (χ4n) is 3.03. The number of imidazole rings is 1. The van der Waals surface area contributed by atoms with Crippen LogP contribution in [0.15, 0.2) is 53.8 Å². The third kappa shape index (κ3) is 4.54. The van der Waals surface area contributed by atoms with Crippen molar-refractivity contribution in [3.05, 3.63) is 71.3 Å². The third-order valence-corrected chi connectivity index (χ3v) is 5.48.